The summed E-state index contributed by atoms with van der Waals surface area (Å²) in [6.45, 7) is 3.72. The van der Waals surface area contributed by atoms with E-state index in [0.29, 0.717) is 31.2 Å². The Morgan fingerprint density at radius 3 is 2.64 bits per heavy atom. The maximum absolute atomic E-state index is 13.4. The van der Waals surface area contributed by atoms with Crippen molar-refractivity contribution in [3.05, 3.63) is 87.2 Å². The number of quaternary nitrogens is 1. The van der Waals surface area contributed by atoms with E-state index < -0.39 is 0 Å². The van der Waals surface area contributed by atoms with Crippen LogP contribution in [0.25, 0.3) is 10.9 Å². The molecule has 0 radical (unpaired) electrons. The van der Waals surface area contributed by atoms with Gasteiger partial charge in [-0.15, -0.1) is 5.10 Å². The van der Waals surface area contributed by atoms with Gasteiger partial charge in [-0.25, -0.2) is 9.07 Å². The molecule has 1 atom stereocenters. The highest BCUT2D eigenvalue weighted by molar-refractivity contribution is 5.79. The lowest BCUT2D eigenvalue weighted by Gasteiger charge is -2.20. The number of fused-ring (bicyclic) bond motifs is 1. The fourth-order valence-electron chi connectivity index (χ4n) is 4.82. The van der Waals surface area contributed by atoms with E-state index in [0.717, 1.165) is 45.6 Å². The van der Waals surface area contributed by atoms with Gasteiger partial charge in [0.1, 0.15) is 25.5 Å². The average Bonchev–Trinajstić information content (AvgIpc) is 3.48. The number of H-pyrrole nitrogens is 1. The first-order valence-corrected chi connectivity index (χ1v) is 11.5. The molecule has 0 bridgehead atoms. The minimum Gasteiger partial charge on any atom is -0.322 e. The summed E-state index contributed by atoms with van der Waals surface area (Å²) in [5.74, 6) is 0.568. The van der Waals surface area contributed by atoms with Crippen LogP contribution in [-0.4, -0.2) is 25.2 Å². The van der Waals surface area contributed by atoms with Gasteiger partial charge < -0.3 is 9.88 Å². The zero-order valence-corrected chi connectivity index (χ0v) is 18.7. The second-order valence-corrected chi connectivity index (χ2v) is 9.10. The average molecular weight is 448 g/mol. The summed E-state index contributed by atoms with van der Waals surface area (Å²) in [6.07, 6.45) is 4.58. The molecule has 4 aromatic rings. The molecule has 2 aromatic heterocycles. The van der Waals surface area contributed by atoms with Crippen LogP contribution in [0.1, 0.15) is 54.2 Å². The molecular formula is C25H28FN6O+. The van der Waals surface area contributed by atoms with Gasteiger partial charge in [-0.05, 0) is 65.4 Å². The van der Waals surface area contributed by atoms with Crippen molar-refractivity contribution in [2.45, 2.75) is 58.3 Å². The zero-order chi connectivity index (χ0) is 22.8. The largest absolute Gasteiger partial charge is 0.322 e. The van der Waals surface area contributed by atoms with Crippen LogP contribution in [0.4, 0.5) is 4.39 Å². The summed E-state index contributed by atoms with van der Waals surface area (Å²) in [5, 5.41) is 13.5. The third-order valence-corrected chi connectivity index (χ3v) is 6.53. The maximum atomic E-state index is 13.4. The number of halogens is 1. The number of hydrogen-bond donors (Lipinski definition) is 2. The predicted molar refractivity (Wildman–Crippen MR) is 123 cm³/mol. The molecule has 0 spiro atoms. The van der Waals surface area contributed by atoms with Crippen molar-refractivity contribution in [1.29, 1.82) is 0 Å². The smallest absolute Gasteiger partial charge is 0.257 e. The normalized spacial score (nSPS) is 15.3. The molecule has 8 heteroatoms. The van der Waals surface area contributed by atoms with Gasteiger partial charge in [-0.1, -0.05) is 37.1 Å². The number of nitrogens with one attached hydrogen (secondary N) is 2. The number of tetrazole rings is 1. The lowest BCUT2D eigenvalue weighted by atomic mass is 10.1. The predicted octanol–water partition coefficient (Wildman–Crippen LogP) is 2.86. The molecule has 1 aliphatic rings. The molecule has 5 rings (SSSR count). The Kier molecular flexibility index (Phi) is 6.00. The van der Waals surface area contributed by atoms with E-state index >= 15 is 0 Å². The number of hydrogen-bond acceptors (Lipinski definition) is 4. The lowest BCUT2D eigenvalue weighted by Crippen LogP contribution is -3.08. The number of aromatic nitrogens is 5. The van der Waals surface area contributed by atoms with Crippen molar-refractivity contribution in [1.82, 2.24) is 25.2 Å². The van der Waals surface area contributed by atoms with Crippen molar-refractivity contribution in [3.8, 4) is 0 Å². The number of rotatable bonds is 7. The highest BCUT2D eigenvalue weighted by atomic mass is 19.1. The van der Waals surface area contributed by atoms with Crippen molar-refractivity contribution < 1.29 is 9.29 Å². The molecule has 1 saturated carbocycles. The number of aromatic amines is 1. The van der Waals surface area contributed by atoms with Gasteiger partial charge in [0.25, 0.3) is 5.56 Å². The second kappa shape index (κ2) is 9.23. The van der Waals surface area contributed by atoms with E-state index in [1.807, 2.05) is 35.9 Å². The number of nitrogens with zero attached hydrogens (tertiary/aromatic N) is 4. The van der Waals surface area contributed by atoms with Gasteiger partial charge in [-0.2, -0.15) is 0 Å². The Labute approximate surface area is 191 Å². The Hall–Kier alpha value is -3.39. The third-order valence-electron chi connectivity index (χ3n) is 6.53. The molecule has 7 nitrogen and oxygen atoms in total. The molecule has 33 heavy (non-hydrogen) atoms. The molecule has 2 aromatic carbocycles. The Morgan fingerprint density at radius 2 is 1.85 bits per heavy atom. The fraction of sp³-hybridized carbons (Fsp3) is 0.360. The summed E-state index contributed by atoms with van der Waals surface area (Å²) in [7, 11) is 0. The van der Waals surface area contributed by atoms with Crippen LogP contribution in [-0.2, 0) is 19.6 Å². The van der Waals surface area contributed by atoms with Crippen LogP contribution in [0.2, 0.25) is 0 Å². The summed E-state index contributed by atoms with van der Waals surface area (Å²) in [4.78, 5) is 17.0. The Balaban J connectivity index is 1.45. The quantitative estimate of drug-likeness (QED) is 0.457. The second-order valence-electron chi connectivity index (χ2n) is 9.10. The fourth-order valence-corrected chi connectivity index (χ4v) is 4.82. The molecule has 1 fully saturated rings. The van der Waals surface area contributed by atoms with Crippen molar-refractivity contribution in [2.24, 2.45) is 0 Å². The minimum absolute atomic E-state index is 0.0832. The van der Waals surface area contributed by atoms with Crippen LogP contribution < -0.4 is 10.5 Å². The molecule has 0 amide bonds. The Morgan fingerprint density at radius 1 is 1.06 bits per heavy atom. The first-order chi connectivity index (χ1) is 16.0. The molecule has 1 unspecified atom stereocenters. The summed E-state index contributed by atoms with van der Waals surface area (Å²) in [5.41, 5.74) is 3.57. The van der Waals surface area contributed by atoms with E-state index in [2.05, 4.69) is 20.5 Å². The topological polar surface area (TPSA) is 80.9 Å². The molecule has 170 valence electrons. The summed E-state index contributed by atoms with van der Waals surface area (Å²) >= 11 is 0. The lowest BCUT2D eigenvalue weighted by molar-refractivity contribution is -0.942. The van der Waals surface area contributed by atoms with Crippen molar-refractivity contribution in [2.75, 3.05) is 0 Å². The van der Waals surface area contributed by atoms with E-state index in [1.165, 1.54) is 25.0 Å². The van der Waals surface area contributed by atoms with Gasteiger partial charge in [0.05, 0.1) is 11.6 Å². The molecule has 0 aliphatic heterocycles. The van der Waals surface area contributed by atoms with Gasteiger partial charge >= 0.3 is 0 Å². The van der Waals surface area contributed by atoms with E-state index in [-0.39, 0.29) is 11.4 Å². The highest BCUT2D eigenvalue weighted by Gasteiger charge is 2.24. The van der Waals surface area contributed by atoms with E-state index in [4.69, 9.17) is 0 Å². The standard InChI is InChI=1S/C25H27FN6O/c1-17-6-9-19-13-20(25(33)27-23(19)12-17)15-31(14-18-7-10-21(26)11-8-18)16-24-28-29-30-32(24)22-4-2-3-5-22/h6-13,22H,2-5,14-16H2,1H3,(H,27,33)/p+1. The van der Waals surface area contributed by atoms with Gasteiger partial charge in [0, 0.05) is 11.1 Å². The molecule has 2 heterocycles. The minimum atomic E-state index is -0.258. The van der Waals surface area contributed by atoms with Crippen LogP contribution in [0.5, 0.6) is 0 Å². The van der Waals surface area contributed by atoms with Crippen molar-refractivity contribution in [3.63, 3.8) is 0 Å². The van der Waals surface area contributed by atoms with Gasteiger partial charge in [0.2, 0.25) is 5.82 Å². The Bertz CT molecular complexity index is 1310. The van der Waals surface area contributed by atoms with Crippen molar-refractivity contribution >= 4 is 10.9 Å². The van der Waals surface area contributed by atoms with E-state index in [1.54, 1.807) is 12.1 Å². The highest BCUT2D eigenvalue weighted by Crippen LogP contribution is 2.28. The molecule has 0 saturated heterocycles. The monoisotopic (exact) mass is 447 g/mol. The summed E-state index contributed by atoms with van der Waals surface area (Å²) in [6, 6.07) is 14.9. The molecule has 2 N–H and O–H groups in total. The van der Waals surface area contributed by atoms with Gasteiger partial charge in [0.15, 0.2) is 0 Å². The van der Waals surface area contributed by atoms with Gasteiger partial charge in [-0.3, -0.25) is 4.79 Å². The van der Waals surface area contributed by atoms with E-state index in [9.17, 15) is 9.18 Å². The molecule has 1 aliphatic carbocycles. The zero-order valence-electron chi connectivity index (χ0n) is 18.7. The first kappa shape index (κ1) is 21.5. The third kappa shape index (κ3) is 4.85. The number of benzene rings is 2. The SMILES string of the molecule is Cc1ccc2cc(C[NH+](Cc3ccc(F)cc3)Cc3nnnn3C3CCCC3)c(=O)[nH]c2c1. The van der Waals surface area contributed by atoms with Crippen LogP contribution in [0.3, 0.4) is 0 Å². The first-order valence-electron chi connectivity index (χ1n) is 11.5. The maximum Gasteiger partial charge on any atom is 0.257 e. The van der Waals surface area contributed by atoms with Crippen LogP contribution >= 0.6 is 0 Å². The number of pyridine rings is 1. The van der Waals surface area contributed by atoms with Crippen LogP contribution in [0.15, 0.2) is 53.3 Å². The number of aryl methyl sites for hydroxylation is 1. The molecular weight excluding hydrogens is 419 g/mol. The summed E-state index contributed by atoms with van der Waals surface area (Å²) < 4.78 is 15.4. The van der Waals surface area contributed by atoms with Crippen LogP contribution in [0, 0.1) is 12.7 Å².